The van der Waals surface area contributed by atoms with Crippen LogP contribution < -0.4 is 5.32 Å². The van der Waals surface area contributed by atoms with Gasteiger partial charge in [0.25, 0.3) is 0 Å². The lowest BCUT2D eigenvalue weighted by Gasteiger charge is -2.24. The molecule has 0 aliphatic carbocycles. The van der Waals surface area contributed by atoms with Crippen LogP contribution >= 0.6 is 0 Å². The van der Waals surface area contributed by atoms with Gasteiger partial charge in [0.1, 0.15) is 16.9 Å². The maximum Gasteiger partial charge on any atom is 0.134 e. The Morgan fingerprint density at radius 1 is 1.41 bits per heavy atom. The van der Waals surface area contributed by atoms with Gasteiger partial charge >= 0.3 is 0 Å². The van der Waals surface area contributed by atoms with Crippen LogP contribution in [-0.4, -0.2) is 21.4 Å². The fourth-order valence-corrected chi connectivity index (χ4v) is 2.47. The van der Waals surface area contributed by atoms with Crippen molar-refractivity contribution in [3.63, 3.8) is 0 Å². The first-order chi connectivity index (χ1) is 10.5. The van der Waals surface area contributed by atoms with Gasteiger partial charge < -0.3 is 14.8 Å². The minimum absolute atomic E-state index is 0.00977. The lowest BCUT2D eigenvalue weighted by atomic mass is 9.99. The van der Waals surface area contributed by atoms with Crippen LogP contribution in [-0.2, 0) is 12.6 Å². The first kappa shape index (κ1) is 14.8. The number of nitrogens with one attached hydrogen (secondary N) is 1. The van der Waals surface area contributed by atoms with Crippen molar-refractivity contribution < 1.29 is 9.52 Å². The third-order valence-electron chi connectivity index (χ3n) is 3.95. The zero-order valence-electron chi connectivity index (χ0n) is 13.1. The van der Waals surface area contributed by atoms with Crippen molar-refractivity contribution in [1.82, 2.24) is 15.1 Å². The topological polar surface area (TPSA) is 63.2 Å². The summed E-state index contributed by atoms with van der Waals surface area (Å²) >= 11 is 0. The molecule has 0 saturated carbocycles. The number of para-hydroxylation sites is 1. The van der Waals surface area contributed by atoms with Gasteiger partial charge in [-0.05, 0) is 26.0 Å². The predicted octanol–water partition coefficient (Wildman–Crippen LogP) is 2.72. The molecule has 2 heterocycles. The molecule has 5 nitrogen and oxygen atoms in total. The number of furan rings is 1. The molecule has 22 heavy (non-hydrogen) atoms. The van der Waals surface area contributed by atoms with Crippen LogP contribution in [0.1, 0.15) is 31.2 Å². The smallest absolute Gasteiger partial charge is 0.134 e. The first-order valence-electron chi connectivity index (χ1n) is 7.39. The van der Waals surface area contributed by atoms with Crippen molar-refractivity contribution in [2.24, 2.45) is 7.05 Å². The Morgan fingerprint density at radius 2 is 2.18 bits per heavy atom. The van der Waals surface area contributed by atoms with Gasteiger partial charge in [0, 0.05) is 30.7 Å². The minimum atomic E-state index is -0.978. The molecule has 2 unspecified atom stereocenters. The van der Waals surface area contributed by atoms with Crippen molar-refractivity contribution in [2.75, 3.05) is 6.54 Å². The zero-order chi connectivity index (χ0) is 15.7. The molecular formula is C17H21N3O2. The Morgan fingerprint density at radius 3 is 2.86 bits per heavy atom. The van der Waals surface area contributed by atoms with Crippen molar-refractivity contribution in [3.05, 3.63) is 54.0 Å². The van der Waals surface area contributed by atoms with E-state index in [-0.39, 0.29) is 6.04 Å². The molecule has 5 heteroatoms. The summed E-state index contributed by atoms with van der Waals surface area (Å²) in [5.41, 5.74) is 0.693. The Balaban J connectivity index is 1.70. The summed E-state index contributed by atoms with van der Waals surface area (Å²) in [6.45, 7) is 4.22. The molecule has 0 aliphatic heterocycles. The van der Waals surface area contributed by atoms with Crippen molar-refractivity contribution in [3.8, 4) is 0 Å². The highest BCUT2D eigenvalue weighted by atomic mass is 16.3. The number of hydrogen-bond donors (Lipinski definition) is 2. The van der Waals surface area contributed by atoms with Gasteiger partial charge in [0.15, 0.2) is 0 Å². The minimum Gasteiger partial charge on any atom is -0.459 e. The van der Waals surface area contributed by atoms with Crippen LogP contribution in [0.25, 0.3) is 11.0 Å². The van der Waals surface area contributed by atoms with Crippen LogP contribution in [0.2, 0.25) is 0 Å². The Labute approximate surface area is 129 Å². The van der Waals surface area contributed by atoms with Crippen LogP contribution in [0, 0.1) is 0 Å². The van der Waals surface area contributed by atoms with E-state index >= 15 is 0 Å². The quantitative estimate of drug-likeness (QED) is 0.760. The molecule has 2 aromatic heterocycles. The number of aryl methyl sites for hydroxylation is 1. The average Bonchev–Trinajstić information content (AvgIpc) is 3.11. The molecule has 0 saturated heterocycles. The number of rotatable bonds is 5. The second-order valence-electron chi connectivity index (χ2n) is 5.97. The van der Waals surface area contributed by atoms with E-state index in [2.05, 4.69) is 10.4 Å². The van der Waals surface area contributed by atoms with Crippen LogP contribution in [0.15, 0.2) is 47.1 Å². The van der Waals surface area contributed by atoms with Crippen LogP contribution in [0.4, 0.5) is 0 Å². The molecule has 1 aromatic carbocycles. The summed E-state index contributed by atoms with van der Waals surface area (Å²) in [4.78, 5) is 0. The molecule has 2 atom stereocenters. The second kappa shape index (κ2) is 5.59. The summed E-state index contributed by atoms with van der Waals surface area (Å²) in [5.74, 6) is 0.864. The van der Waals surface area contributed by atoms with Gasteiger partial charge in [-0.2, -0.15) is 5.10 Å². The third-order valence-corrected chi connectivity index (χ3v) is 3.95. The van der Waals surface area contributed by atoms with Gasteiger partial charge in [-0.25, -0.2) is 0 Å². The Kier molecular flexibility index (Phi) is 3.76. The average molecular weight is 299 g/mol. The van der Waals surface area contributed by atoms with Gasteiger partial charge in [-0.15, -0.1) is 0 Å². The van der Waals surface area contributed by atoms with E-state index < -0.39 is 5.60 Å². The lowest BCUT2D eigenvalue weighted by molar-refractivity contribution is 0.0536. The summed E-state index contributed by atoms with van der Waals surface area (Å²) in [6, 6.07) is 9.98. The van der Waals surface area contributed by atoms with Crippen molar-refractivity contribution >= 4 is 11.0 Å². The molecular weight excluding hydrogens is 278 g/mol. The fraction of sp³-hybridized carbons (Fsp3) is 0.353. The van der Waals surface area contributed by atoms with Gasteiger partial charge in [0.05, 0.1) is 12.2 Å². The van der Waals surface area contributed by atoms with Gasteiger partial charge in [-0.1, -0.05) is 18.2 Å². The Hall–Kier alpha value is -2.11. The number of fused-ring (bicyclic) bond motifs is 1. The van der Waals surface area contributed by atoms with E-state index in [1.165, 1.54) is 0 Å². The number of aliphatic hydroxyl groups is 1. The molecule has 0 amide bonds. The van der Waals surface area contributed by atoms with E-state index in [4.69, 9.17) is 4.42 Å². The van der Waals surface area contributed by atoms with E-state index in [0.717, 1.165) is 22.3 Å². The van der Waals surface area contributed by atoms with E-state index in [1.807, 2.05) is 50.5 Å². The molecule has 2 N–H and O–H groups in total. The molecule has 0 aliphatic rings. The monoisotopic (exact) mass is 299 g/mol. The summed E-state index contributed by atoms with van der Waals surface area (Å²) < 4.78 is 7.53. The summed E-state index contributed by atoms with van der Waals surface area (Å²) in [5, 5.41) is 19.1. The van der Waals surface area contributed by atoms with Crippen molar-refractivity contribution in [1.29, 1.82) is 0 Å². The highest BCUT2D eigenvalue weighted by Crippen LogP contribution is 2.25. The molecule has 0 spiro atoms. The van der Waals surface area contributed by atoms with Gasteiger partial charge in [-0.3, -0.25) is 4.68 Å². The second-order valence-corrected chi connectivity index (χ2v) is 5.97. The zero-order valence-corrected chi connectivity index (χ0v) is 13.1. The standard InChI is InChI=1S/C17H21N3O2/c1-12(16-8-13-6-4-5-7-15(13)22-16)18-11-17(2,21)14-9-19-20(3)10-14/h4-10,12,18,21H,11H2,1-3H3. The largest absolute Gasteiger partial charge is 0.459 e. The highest BCUT2D eigenvalue weighted by Gasteiger charge is 2.25. The molecule has 3 rings (SSSR count). The maximum absolute atomic E-state index is 10.6. The summed E-state index contributed by atoms with van der Waals surface area (Å²) in [7, 11) is 1.84. The number of benzene rings is 1. The Bertz CT molecular complexity index is 740. The normalized spacial score (nSPS) is 15.8. The van der Waals surface area contributed by atoms with Crippen LogP contribution in [0.5, 0.6) is 0 Å². The lowest BCUT2D eigenvalue weighted by Crippen LogP contribution is -2.36. The number of hydrogen-bond acceptors (Lipinski definition) is 4. The van der Waals surface area contributed by atoms with E-state index in [0.29, 0.717) is 6.54 Å². The molecule has 0 radical (unpaired) electrons. The van der Waals surface area contributed by atoms with Gasteiger partial charge in [0.2, 0.25) is 0 Å². The summed E-state index contributed by atoms with van der Waals surface area (Å²) in [6.07, 6.45) is 3.51. The number of aromatic nitrogens is 2. The third kappa shape index (κ3) is 2.91. The SMILES string of the molecule is CC(NCC(C)(O)c1cnn(C)c1)c1cc2ccccc2o1. The van der Waals surface area contributed by atoms with Crippen molar-refractivity contribution in [2.45, 2.75) is 25.5 Å². The molecule has 0 bridgehead atoms. The fourth-order valence-electron chi connectivity index (χ4n) is 2.47. The predicted molar refractivity (Wildman–Crippen MR) is 85.4 cm³/mol. The molecule has 3 aromatic rings. The van der Waals surface area contributed by atoms with E-state index in [9.17, 15) is 5.11 Å². The van der Waals surface area contributed by atoms with E-state index in [1.54, 1.807) is 17.8 Å². The number of nitrogens with zero attached hydrogens (tertiary/aromatic N) is 2. The highest BCUT2D eigenvalue weighted by molar-refractivity contribution is 5.77. The maximum atomic E-state index is 10.6. The molecule has 116 valence electrons. The van der Waals surface area contributed by atoms with Crippen LogP contribution in [0.3, 0.4) is 0 Å². The molecule has 0 fully saturated rings. The first-order valence-corrected chi connectivity index (χ1v) is 7.39.